The van der Waals surface area contributed by atoms with Gasteiger partial charge in [-0.15, -0.1) is 0 Å². The summed E-state index contributed by atoms with van der Waals surface area (Å²) < 4.78 is 5.52. The molecule has 1 atom stereocenters. The first-order chi connectivity index (χ1) is 9.73. The number of methoxy groups -OCH3 is 1. The van der Waals surface area contributed by atoms with Gasteiger partial charge < -0.3 is 10.1 Å². The molecule has 1 aromatic carbocycles. The van der Waals surface area contributed by atoms with Crippen LogP contribution in [0.25, 0.3) is 0 Å². The molecular formula is C17H26N2O. The van der Waals surface area contributed by atoms with Crippen LogP contribution in [0.4, 0.5) is 0 Å². The summed E-state index contributed by atoms with van der Waals surface area (Å²) in [6.07, 6.45) is 5.42. The van der Waals surface area contributed by atoms with Gasteiger partial charge in [0.1, 0.15) is 5.75 Å². The second kappa shape index (κ2) is 5.74. The van der Waals surface area contributed by atoms with E-state index in [0.29, 0.717) is 11.6 Å². The van der Waals surface area contributed by atoms with E-state index in [1.54, 1.807) is 7.11 Å². The molecule has 0 amide bonds. The lowest BCUT2D eigenvalue weighted by Gasteiger charge is -2.48. The molecule has 0 bridgehead atoms. The highest BCUT2D eigenvalue weighted by Gasteiger charge is 2.42. The summed E-state index contributed by atoms with van der Waals surface area (Å²) in [5.74, 6) is 1.02. The van der Waals surface area contributed by atoms with Crippen LogP contribution in [-0.4, -0.2) is 36.7 Å². The van der Waals surface area contributed by atoms with Gasteiger partial charge in [-0.05, 0) is 25.8 Å². The van der Waals surface area contributed by atoms with Gasteiger partial charge in [0.25, 0.3) is 0 Å². The van der Waals surface area contributed by atoms with E-state index < -0.39 is 0 Å². The van der Waals surface area contributed by atoms with Gasteiger partial charge in [0, 0.05) is 36.8 Å². The number of ether oxygens (including phenoxy) is 1. The Morgan fingerprint density at radius 3 is 2.80 bits per heavy atom. The summed E-state index contributed by atoms with van der Waals surface area (Å²) in [5.41, 5.74) is 1.70. The number of piperazine rings is 1. The molecule has 0 aromatic heterocycles. The Morgan fingerprint density at radius 1 is 1.30 bits per heavy atom. The van der Waals surface area contributed by atoms with Crippen molar-refractivity contribution in [1.82, 2.24) is 10.2 Å². The van der Waals surface area contributed by atoms with Crippen LogP contribution in [0.3, 0.4) is 0 Å². The average molecular weight is 274 g/mol. The topological polar surface area (TPSA) is 24.5 Å². The Bertz CT molecular complexity index is 454. The number of hydrogen-bond acceptors (Lipinski definition) is 3. The van der Waals surface area contributed by atoms with Crippen molar-refractivity contribution in [3.05, 3.63) is 29.8 Å². The van der Waals surface area contributed by atoms with E-state index in [0.717, 1.165) is 25.4 Å². The molecule has 110 valence electrons. The Balaban J connectivity index is 1.82. The minimum absolute atomic E-state index is 0.382. The Kier molecular flexibility index (Phi) is 3.99. The molecule has 1 spiro atoms. The maximum absolute atomic E-state index is 5.52. The monoisotopic (exact) mass is 274 g/mol. The van der Waals surface area contributed by atoms with Crippen LogP contribution in [0.5, 0.6) is 5.75 Å². The lowest BCUT2D eigenvalue weighted by atomic mass is 9.90. The molecule has 1 saturated carbocycles. The zero-order valence-electron chi connectivity index (χ0n) is 12.7. The molecule has 1 N–H and O–H groups in total. The van der Waals surface area contributed by atoms with Crippen molar-refractivity contribution in [2.24, 2.45) is 0 Å². The molecular weight excluding hydrogens is 248 g/mol. The van der Waals surface area contributed by atoms with Crippen molar-refractivity contribution in [2.45, 2.75) is 50.7 Å². The summed E-state index contributed by atoms with van der Waals surface area (Å²) in [7, 11) is 1.77. The number of hydrogen-bond donors (Lipinski definition) is 1. The van der Waals surface area contributed by atoms with Gasteiger partial charge in [-0.3, -0.25) is 4.90 Å². The maximum atomic E-state index is 5.52. The van der Waals surface area contributed by atoms with Crippen molar-refractivity contribution < 1.29 is 4.74 Å². The maximum Gasteiger partial charge on any atom is 0.123 e. The SMILES string of the molecule is COc1ccccc1CN1CC(C)NCC12CCCC2. The number of rotatable bonds is 3. The summed E-state index contributed by atoms with van der Waals surface area (Å²) in [6.45, 7) is 5.58. The highest BCUT2D eigenvalue weighted by molar-refractivity contribution is 5.33. The standard InChI is InChI=1S/C17H26N2O/c1-14-11-19(17(13-18-14)9-5-6-10-17)12-15-7-3-4-8-16(15)20-2/h3-4,7-8,14,18H,5-6,9-13H2,1-2H3. The fourth-order valence-corrected chi connectivity index (χ4v) is 3.86. The average Bonchev–Trinajstić information content (AvgIpc) is 2.93. The third-order valence-electron chi connectivity index (χ3n) is 5.03. The van der Waals surface area contributed by atoms with Crippen LogP contribution < -0.4 is 10.1 Å². The summed E-state index contributed by atoms with van der Waals surface area (Å²) in [6, 6.07) is 9.02. The van der Waals surface area contributed by atoms with E-state index in [1.165, 1.54) is 31.2 Å². The van der Waals surface area contributed by atoms with Crippen LogP contribution in [0.2, 0.25) is 0 Å². The van der Waals surface area contributed by atoms with Crippen LogP contribution in [0.15, 0.2) is 24.3 Å². The molecule has 20 heavy (non-hydrogen) atoms. The van der Waals surface area contributed by atoms with Gasteiger partial charge in [-0.25, -0.2) is 0 Å². The van der Waals surface area contributed by atoms with E-state index in [1.807, 2.05) is 6.07 Å². The molecule has 0 radical (unpaired) electrons. The van der Waals surface area contributed by atoms with E-state index in [4.69, 9.17) is 4.74 Å². The molecule has 1 heterocycles. The van der Waals surface area contributed by atoms with Crippen LogP contribution in [-0.2, 0) is 6.54 Å². The van der Waals surface area contributed by atoms with Crippen molar-refractivity contribution in [2.75, 3.05) is 20.2 Å². The van der Waals surface area contributed by atoms with Gasteiger partial charge in [0.05, 0.1) is 7.11 Å². The predicted octanol–water partition coefficient (Wildman–Crippen LogP) is 2.80. The van der Waals surface area contributed by atoms with Crippen molar-refractivity contribution in [3.8, 4) is 5.75 Å². The van der Waals surface area contributed by atoms with E-state index in [2.05, 4.69) is 35.3 Å². The van der Waals surface area contributed by atoms with E-state index in [9.17, 15) is 0 Å². The van der Waals surface area contributed by atoms with Crippen molar-refractivity contribution in [3.63, 3.8) is 0 Å². The van der Waals surface area contributed by atoms with Crippen molar-refractivity contribution >= 4 is 0 Å². The number of nitrogens with one attached hydrogen (secondary N) is 1. The molecule has 2 aliphatic rings. The first-order valence-electron chi connectivity index (χ1n) is 7.84. The van der Waals surface area contributed by atoms with Gasteiger partial charge in [-0.1, -0.05) is 31.0 Å². The molecule has 1 unspecified atom stereocenters. The Hall–Kier alpha value is -1.06. The first kappa shape index (κ1) is 13.9. The minimum Gasteiger partial charge on any atom is -0.496 e. The molecule has 3 rings (SSSR count). The van der Waals surface area contributed by atoms with E-state index in [-0.39, 0.29) is 0 Å². The summed E-state index contributed by atoms with van der Waals surface area (Å²) in [5, 5.41) is 3.69. The lowest BCUT2D eigenvalue weighted by molar-refractivity contribution is 0.0387. The third-order valence-corrected chi connectivity index (χ3v) is 5.03. The Morgan fingerprint density at radius 2 is 2.05 bits per heavy atom. The second-order valence-corrected chi connectivity index (χ2v) is 6.41. The van der Waals surface area contributed by atoms with Gasteiger partial charge in [-0.2, -0.15) is 0 Å². The smallest absolute Gasteiger partial charge is 0.123 e. The number of benzene rings is 1. The van der Waals surface area contributed by atoms with Crippen LogP contribution in [0.1, 0.15) is 38.2 Å². The Labute approximate surface area is 122 Å². The third kappa shape index (κ3) is 2.57. The molecule has 3 heteroatoms. The zero-order chi connectivity index (χ0) is 14.0. The van der Waals surface area contributed by atoms with Gasteiger partial charge in [0.2, 0.25) is 0 Å². The van der Waals surface area contributed by atoms with Gasteiger partial charge in [0.15, 0.2) is 0 Å². The molecule has 3 nitrogen and oxygen atoms in total. The molecule has 1 aliphatic heterocycles. The first-order valence-corrected chi connectivity index (χ1v) is 7.84. The summed E-state index contributed by atoms with van der Waals surface area (Å²) in [4.78, 5) is 2.71. The molecule has 1 aromatic rings. The molecule has 2 fully saturated rings. The highest BCUT2D eigenvalue weighted by atomic mass is 16.5. The zero-order valence-corrected chi connectivity index (χ0v) is 12.7. The number of para-hydroxylation sites is 1. The fraction of sp³-hybridized carbons (Fsp3) is 0.647. The normalized spacial score (nSPS) is 26.0. The highest BCUT2D eigenvalue weighted by Crippen LogP contribution is 2.38. The second-order valence-electron chi connectivity index (χ2n) is 6.41. The predicted molar refractivity (Wildman–Crippen MR) is 82.1 cm³/mol. The van der Waals surface area contributed by atoms with Crippen molar-refractivity contribution in [1.29, 1.82) is 0 Å². The van der Waals surface area contributed by atoms with Crippen LogP contribution in [0, 0.1) is 0 Å². The number of nitrogens with zero attached hydrogens (tertiary/aromatic N) is 1. The molecule has 1 saturated heterocycles. The van der Waals surface area contributed by atoms with Crippen LogP contribution >= 0.6 is 0 Å². The quantitative estimate of drug-likeness (QED) is 0.917. The summed E-state index contributed by atoms with van der Waals surface area (Å²) >= 11 is 0. The lowest BCUT2D eigenvalue weighted by Crippen LogP contribution is -2.62. The molecule has 1 aliphatic carbocycles. The minimum atomic E-state index is 0.382. The van der Waals surface area contributed by atoms with Gasteiger partial charge >= 0.3 is 0 Å². The largest absolute Gasteiger partial charge is 0.496 e. The van der Waals surface area contributed by atoms with E-state index >= 15 is 0 Å². The fourth-order valence-electron chi connectivity index (χ4n) is 3.86.